The third kappa shape index (κ3) is 2.65. The van der Waals surface area contributed by atoms with E-state index in [4.69, 9.17) is 10.5 Å². The zero-order chi connectivity index (χ0) is 13.0. The number of hydrogen-bond acceptors (Lipinski definition) is 5. The van der Waals surface area contributed by atoms with Crippen LogP contribution in [-0.4, -0.2) is 33.9 Å². The highest BCUT2D eigenvalue weighted by Crippen LogP contribution is 2.23. The lowest BCUT2D eigenvalue weighted by Gasteiger charge is -2.11. The highest BCUT2D eigenvalue weighted by Gasteiger charge is 2.13. The molecule has 2 rings (SSSR count). The number of aromatic nitrogens is 4. The number of hydrogen-bond donors (Lipinski definition) is 1. The Balaban J connectivity index is 2.25. The first-order chi connectivity index (χ1) is 8.72. The SMILES string of the molecule is COCC(C)Cn1nnnc1-c1ccccc1N. The van der Waals surface area contributed by atoms with Crippen molar-refractivity contribution in [1.82, 2.24) is 20.2 Å². The number of anilines is 1. The number of benzene rings is 1. The maximum Gasteiger partial charge on any atom is 0.184 e. The molecule has 1 unspecified atom stereocenters. The topological polar surface area (TPSA) is 78.8 Å². The van der Waals surface area contributed by atoms with Crippen LogP contribution in [0, 0.1) is 5.92 Å². The van der Waals surface area contributed by atoms with Crippen LogP contribution in [0.2, 0.25) is 0 Å². The van der Waals surface area contributed by atoms with Gasteiger partial charge in [-0.1, -0.05) is 19.1 Å². The van der Waals surface area contributed by atoms with E-state index in [1.807, 2.05) is 24.3 Å². The second-order valence-electron chi connectivity index (χ2n) is 4.33. The lowest BCUT2D eigenvalue weighted by molar-refractivity contribution is 0.149. The molecule has 2 aromatic rings. The van der Waals surface area contributed by atoms with Crippen LogP contribution in [-0.2, 0) is 11.3 Å². The fraction of sp³-hybridized carbons (Fsp3) is 0.417. The van der Waals surface area contributed by atoms with Crippen LogP contribution < -0.4 is 5.73 Å². The Morgan fingerprint density at radius 2 is 2.17 bits per heavy atom. The number of nitrogens with two attached hydrogens (primary N) is 1. The summed E-state index contributed by atoms with van der Waals surface area (Å²) in [5.74, 6) is 1.03. The number of methoxy groups -OCH3 is 1. The third-order valence-corrected chi connectivity index (χ3v) is 2.67. The average Bonchev–Trinajstić information content (AvgIpc) is 2.78. The summed E-state index contributed by atoms with van der Waals surface area (Å²) in [6.45, 7) is 3.46. The predicted molar refractivity (Wildman–Crippen MR) is 68.7 cm³/mol. The second kappa shape index (κ2) is 5.59. The first-order valence-corrected chi connectivity index (χ1v) is 5.82. The van der Waals surface area contributed by atoms with Gasteiger partial charge in [-0.3, -0.25) is 0 Å². The zero-order valence-corrected chi connectivity index (χ0v) is 10.6. The molecule has 18 heavy (non-hydrogen) atoms. The molecule has 96 valence electrons. The summed E-state index contributed by atoms with van der Waals surface area (Å²) < 4.78 is 6.87. The molecule has 0 aliphatic heterocycles. The van der Waals surface area contributed by atoms with Gasteiger partial charge in [-0.05, 0) is 28.5 Å². The van der Waals surface area contributed by atoms with Crippen molar-refractivity contribution in [3.8, 4) is 11.4 Å². The number of nitrogens with zero attached hydrogens (tertiary/aromatic N) is 4. The number of rotatable bonds is 5. The highest BCUT2D eigenvalue weighted by molar-refractivity contribution is 5.70. The van der Waals surface area contributed by atoms with E-state index in [0.29, 0.717) is 30.6 Å². The van der Waals surface area contributed by atoms with Gasteiger partial charge < -0.3 is 10.5 Å². The fourth-order valence-electron chi connectivity index (χ4n) is 1.85. The molecule has 0 fully saturated rings. The highest BCUT2D eigenvalue weighted by atomic mass is 16.5. The molecule has 1 atom stereocenters. The van der Waals surface area contributed by atoms with Crippen molar-refractivity contribution in [1.29, 1.82) is 0 Å². The minimum Gasteiger partial charge on any atom is -0.398 e. The summed E-state index contributed by atoms with van der Waals surface area (Å²) >= 11 is 0. The van der Waals surface area contributed by atoms with Gasteiger partial charge in [0.25, 0.3) is 0 Å². The van der Waals surface area contributed by atoms with Crippen molar-refractivity contribution >= 4 is 5.69 Å². The van der Waals surface area contributed by atoms with Crippen molar-refractivity contribution in [2.24, 2.45) is 5.92 Å². The van der Waals surface area contributed by atoms with E-state index >= 15 is 0 Å². The number of ether oxygens (including phenoxy) is 1. The Labute approximate surface area is 106 Å². The van der Waals surface area contributed by atoms with Gasteiger partial charge in [0.1, 0.15) is 0 Å². The first-order valence-electron chi connectivity index (χ1n) is 5.82. The lowest BCUT2D eigenvalue weighted by atomic mass is 10.1. The van der Waals surface area contributed by atoms with Gasteiger partial charge in [-0.2, -0.15) is 0 Å². The largest absolute Gasteiger partial charge is 0.398 e. The molecule has 0 aliphatic carbocycles. The molecule has 6 nitrogen and oxygen atoms in total. The predicted octanol–water partition coefficient (Wildman–Crippen LogP) is 1.20. The summed E-state index contributed by atoms with van der Waals surface area (Å²) in [7, 11) is 1.69. The van der Waals surface area contributed by atoms with E-state index in [1.165, 1.54) is 0 Å². The van der Waals surface area contributed by atoms with Crippen LogP contribution >= 0.6 is 0 Å². The summed E-state index contributed by atoms with van der Waals surface area (Å²) in [4.78, 5) is 0. The van der Waals surface area contributed by atoms with Crippen molar-refractivity contribution in [2.45, 2.75) is 13.5 Å². The van der Waals surface area contributed by atoms with Crippen LogP contribution in [0.3, 0.4) is 0 Å². The van der Waals surface area contributed by atoms with Crippen LogP contribution in [0.1, 0.15) is 6.92 Å². The van der Waals surface area contributed by atoms with E-state index in [9.17, 15) is 0 Å². The monoisotopic (exact) mass is 247 g/mol. The molecule has 2 N–H and O–H groups in total. The Hall–Kier alpha value is -1.95. The van der Waals surface area contributed by atoms with Crippen LogP contribution in [0.5, 0.6) is 0 Å². The van der Waals surface area contributed by atoms with Gasteiger partial charge in [-0.15, -0.1) is 5.10 Å². The number of tetrazole rings is 1. The molecule has 0 radical (unpaired) electrons. The van der Waals surface area contributed by atoms with Crippen molar-refractivity contribution in [2.75, 3.05) is 19.5 Å². The van der Waals surface area contributed by atoms with Gasteiger partial charge in [0, 0.05) is 24.9 Å². The molecule has 0 saturated heterocycles. The molecule has 0 amide bonds. The standard InChI is InChI=1S/C12H17N5O/c1-9(8-18-2)7-17-12(14-15-16-17)10-5-3-4-6-11(10)13/h3-6,9H,7-8,13H2,1-2H3. The van der Waals surface area contributed by atoms with Gasteiger partial charge in [0.15, 0.2) is 5.82 Å². The van der Waals surface area contributed by atoms with Crippen LogP contribution in [0.25, 0.3) is 11.4 Å². The second-order valence-corrected chi connectivity index (χ2v) is 4.33. The molecule has 0 aliphatic rings. The van der Waals surface area contributed by atoms with Gasteiger partial charge >= 0.3 is 0 Å². The molecule has 6 heteroatoms. The van der Waals surface area contributed by atoms with Crippen molar-refractivity contribution < 1.29 is 4.74 Å². The smallest absolute Gasteiger partial charge is 0.184 e. The first kappa shape index (κ1) is 12.5. The fourth-order valence-corrected chi connectivity index (χ4v) is 1.85. The van der Waals surface area contributed by atoms with E-state index in [1.54, 1.807) is 11.8 Å². The summed E-state index contributed by atoms with van der Waals surface area (Å²) in [5.41, 5.74) is 7.46. The molecular weight excluding hydrogens is 230 g/mol. The molecule has 1 aromatic heterocycles. The Morgan fingerprint density at radius 1 is 1.39 bits per heavy atom. The molecule has 1 heterocycles. The minimum absolute atomic E-state index is 0.335. The van der Waals surface area contributed by atoms with Crippen molar-refractivity contribution in [3.63, 3.8) is 0 Å². The zero-order valence-electron chi connectivity index (χ0n) is 10.6. The quantitative estimate of drug-likeness (QED) is 0.803. The maximum absolute atomic E-state index is 5.94. The van der Waals surface area contributed by atoms with E-state index in [2.05, 4.69) is 22.4 Å². The summed E-state index contributed by atoms with van der Waals surface area (Å²) in [6.07, 6.45) is 0. The van der Waals surface area contributed by atoms with Gasteiger partial charge in [-0.25, -0.2) is 4.68 Å². The Morgan fingerprint density at radius 3 is 2.89 bits per heavy atom. The lowest BCUT2D eigenvalue weighted by Crippen LogP contribution is -2.15. The summed E-state index contributed by atoms with van der Waals surface area (Å²) in [5, 5.41) is 11.8. The molecule has 0 bridgehead atoms. The number of nitrogen functional groups attached to an aromatic ring is 1. The van der Waals surface area contributed by atoms with E-state index < -0.39 is 0 Å². The minimum atomic E-state index is 0.335. The summed E-state index contributed by atoms with van der Waals surface area (Å²) in [6, 6.07) is 7.56. The molecule has 1 aromatic carbocycles. The maximum atomic E-state index is 5.94. The Kier molecular flexibility index (Phi) is 3.88. The van der Waals surface area contributed by atoms with Crippen molar-refractivity contribution in [3.05, 3.63) is 24.3 Å². The molecular formula is C12H17N5O. The Bertz CT molecular complexity index is 511. The average molecular weight is 247 g/mol. The van der Waals surface area contributed by atoms with Crippen LogP contribution in [0.15, 0.2) is 24.3 Å². The van der Waals surface area contributed by atoms with E-state index in [0.717, 1.165) is 5.56 Å². The third-order valence-electron chi connectivity index (χ3n) is 2.67. The normalized spacial score (nSPS) is 12.6. The van der Waals surface area contributed by atoms with Gasteiger partial charge in [0.2, 0.25) is 0 Å². The van der Waals surface area contributed by atoms with E-state index in [-0.39, 0.29) is 0 Å². The molecule has 0 spiro atoms. The van der Waals surface area contributed by atoms with Gasteiger partial charge in [0.05, 0.1) is 6.61 Å². The number of para-hydroxylation sites is 1. The van der Waals surface area contributed by atoms with Crippen LogP contribution in [0.4, 0.5) is 5.69 Å². The molecule has 0 saturated carbocycles.